The van der Waals surface area contributed by atoms with Crippen molar-refractivity contribution in [2.75, 3.05) is 43.9 Å². The van der Waals surface area contributed by atoms with Gasteiger partial charge in [-0.15, -0.1) is 11.8 Å². The standard InChI is InChI=1S/C22H29N3O2S/c1-27-20-8-5-7-19(15-20)25-13-11-18(17-25)16-24-22(26)23-12-6-14-28-21-9-3-2-4-10-21/h2-5,7-10,15,18H,6,11-14,16-17H2,1H3,(H2,23,24,26). The highest BCUT2D eigenvalue weighted by Gasteiger charge is 2.23. The lowest BCUT2D eigenvalue weighted by molar-refractivity contribution is 0.239. The van der Waals surface area contributed by atoms with E-state index in [-0.39, 0.29) is 6.03 Å². The zero-order valence-electron chi connectivity index (χ0n) is 16.4. The predicted octanol–water partition coefficient (Wildman–Crippen LogP) is 4.00. The Balaban J connectivity index is 1.28. The topological polar surface area (TPSA) is 53.6 Å². The Labute approximate surface area is 171 Å². The van der Waals surface area contributed by atoms with E-state index < -0.39 is 0 Å². The number of anilines is 1. The Kier molecular flexibility index (Phi) is 7.91. The molecule has 1 aliphatic heterocycles. The number of benzene rings is 2. The van der Waals surface area contributed by atoms with Crippen molar-refractivity contribution >= 4 is 23.5 Å². The molecule has 1 unspecified atom stereocenters. The van der Waals surface area contributed by atoms with Crippen LogP contribution < -0.4 is 20.3 Å². The molecule has 0 aliphatic carbocycles. The summed E-state index contributed by atoms with van der Waals surface area (Å²) < 4.78 is 5.31. The summed E-state index contributed by atoms with van der Waals surface area (Å²) in [6.07, 6.45) is 2.05. The van der Waals surface area contributed by atoms with E-state index in [1.54, 1.807) is 7.11 Å². The Morgan fingerprint density at radius 1 is 1.18 bits per heavy atom. The van der Waals surface area contributed by atoms with Gasteiger partial charge in [-0.25, -0.2) is 4.79 Å². The number of ether oxygens (including phenoxy) is 1. The fourth-order valence-corrected chi connectivity index (χ4v) is 4.20. The van der Waals surface area contributed by atoms with Crippen LogP contribution in [0.15, 0.2) is 59.5 Å². The van der Waals surface area contributed by atoms with Crippen LogP contribution >= 0.6 is 11.8 Å². The van der Waals surface area contributed by atoms with Gasteiger partial charge in [-0.1, -0.05) is 24.3 Å². The van der Waals surface area contributed by atoms with Gasteiger partial charge in [0.25, 0.3) is 0 Å². The van der Waals surface area contributed by atoms with Gasteiger partial charge in [0.05, 0.1) is 7.11 Å². The summed E-state index contributed by atoms with van der Waals surface area (Å²) in [6, 6.07) is 18.4. The second-order valence-electron chi connectivity index (χ2n) is 6.95. The summed E-state index contributed by atoms with van der Waals surface area (Å²) in [5, 5.41) is 5.98. The first-order valence-electron chi connectivity index (χ1n) is 9.83. The first-order chi connectivity index (χ1) is 13.7. The number of methoxy groups -OCH3 is 1. The molecule has 5 nitrogen and oxygen atoms in total. The molecular formula is C22H29N3O2S. The molecule has 2 N–H and O–H groups in total. The van der Waals surface area contributed by atoms with Gasteiger partial charge in [-0.05, 0) is 48.8 Å². The van der Waals surface area contributed by atoms with Crippen LogP contribution in [0, 0.1) is 5.92 Å². The third-order valence-corrected chi connectivity index (χ3v) is 5.97. The highest BCUT2D eigenvalue weighted by atomic mass is 32.2. The number of nitrogens with zero attached hydrogens (tertiary/aromatic N) is 1. The van der Waals surface area contributed by atoms with Crippen LogP contribution in [0.1, 0.15) is 12.8 Å². The predicted molar refractivity (Wildman–Crippen MR) is 116 cm³/mol. The van der Waals surface area contributed by atoms with Gasteiger partial charge in [-0.3, -0.25) is 0 Å². The molecule has 1 fully saturated rings. The van der Waals surface area contributed by atoms with Crippen molar-refractivity contribution in [3.8, 4) is 5.75 Å². The van der Waals surface area contributed by atoms with Crippen molar-refractivity contribution in [3.63, 3.8) is 0 Å². The number of rotatable bonds is 9. The molecule has 2 aromatic rings. The minimum Gasteiger partial charge on any atom is -0.497 e. The van der Waals surface area contributed by atoms with Crippen LogP contribution in [0.2, 0.25) is 0 Å². The Bertz CT molecular complexity index is 742. The summed E-state index contributed by atoms with van der Waals surface area (Å²) in [4.78, 5) is 15.6. The largest absolute Gasteiger partial charge is 0.497 e. The first-order valence-corrected chi connectivity index (χ1v) is 10.8. The van der Waals surface area contributed by atoms with Crippen LogP contribution in [0.5, 0.6) is 5.75 Å². The molecule has 0 aromatic heterocycles. The number of hydrogen-bond donors (Lipinski definition) is 2. The fourth-order valence-electron chi connectivity index (χ4n) is 3.32. The van der Waals surface area contributed by atoms with E-state index in [2.05, 4.69) is 39.8 Å². The molecule has 0 saturated carbocycles. The second kappa shape index (κ2) is 10.9. The normalized spacial score (nSPS) is 16.0. The van der Waals surface area contributed by atoms with E-state index in [0.29, 0.717) is 19.0 Å². The van der Waals surface area contributed by atoms with Gasteiger partial charge in [-0.2, -0.15) is 0 Å². The van der Waals surface area contributed by atoms with Crippen LogP contribution in [0.4, 0.5) is 10.5 Å². The molecule has 150 valence electrons. The summed E-state index contributed by atoms with van der Waals surface area (Å²) in [7, 11) is 1.69. The molecule has 2 aromatic carbocycles. The highest BCUT2D eigenvalue weighted by molar-refractivity contribution is 7.99. The molecular weight excluding hydrogens is 370 g/mol. The summed E-state index contributed by atoms with van der Waals surface area (Å²) in [5.41, 5.74) is 1.18. The maximum atomic E-state index is 12.0. The van der Waals surface area contributed by atoms with Crippen molar-refractivity contribution in [3.05, 3.63) is 54.6 Å². The average Bonchev–Trinajstić information content (AvgIpc) is 3.22. The lowest BCUT2D eigenvalue weighted by atomic mass is 10.1. The van der Waals surface area contributed by atoms with Crippen LogP contribution in [-0.2, 0) is 0 Å². The third-order valence-electron chi connectivity index (χ3n) is 4.87. The zero-order chi connectivity index (χ0) is 19.6. The summed E-state index contributed by atoms with van der Waals surface area (Å²) >= 11 is 1.82. The van der Waals surface area contributed by atoms with Gasteiger partial charge in [0.1, 0.15) is 5.75 Å². The summed E-state index contributed by atoms with van der Waals surface area (Å²) in [5.74, 6) is 2.36. The van der Waals surface area contributed by atoms with Crippen molar-refractivity contribution in [1.82, 2.24) is 10.6 Å². The van der Waals surface area contributed by atoms with E-state index in [0.717, 1.165) is 37.4 Å². The monoisotopic (exact) mass is 399 g/mol. The van der Waals surface area contributed by atoms with Crippen molar-refractivity contribution in [2.24, 2.45) is 5.92 Å². The SMILES string of the molecule is COc1cccc(N2CCC(CNC(=O)NCCCSc3ccccc3)C2)c1. The number of thioether (sulfide) groups is 1. The number of nitrogens with one attached hydrogen (secondary N) is 2. The molecule has 0 spiro atoms. The minimum absolute atomic E-state index is 0.0652. The van der Waals surface area contributed by atoms with Crippen molar-refractivity contribution in [1.29, 1.82) is 0 Å². The molecule has 1 aliphatic rings. The second-order valence-corrected chi connectivity index (χ2v) is 8.12. The molecule has 3 rings (SSSR count). The lowest BCUT2D eigenvalue weighted by Gasteiger charge is -2.19. The van der Waals surface area contributed by atoms with Gasteiger partial charge in [0, 0.05) is 42.8 Å². The van der Waals surface area contributed by atoms with Gasteiger partial charge in [0.2, 0.25) is 0 Å². The number of urea groups is 1. The minimum atomic E-state index is -0.0652. The van der Waals surface area contributed by atoms with E-state index in [1.807, 2.05) is 42.1 Å². The van der Waals surface area contributed by atoms with Crippen LogP contribution in [-0.4, -0.2) is 45.1 Å². The molecule has 6 heteroatoms. The van der Waals surface area contributed by atoms with E-state index in [1.165, 1.54) is 10.6 Å². The van der Waals surface area contributed by atoms with Gasteiger partial charge < -0.3 is 20.3 Å². The average molecular weight is 400 g/mol. The fraction of sp³-hybridized carbons (Fsp3) is 0.409. The maximum absolute atomic E-state index is 12.0. The molecule has 0 radical (unpaired) electrons. The van der Waals surface area contributed by atoms with Crippen molar-refractivity contribution < 1.29 is 9.53 Å². The molecule has 1 atom stereocenters. The van der Waals surface area contributed by atoms with Crippen molar-refractivity contribution in [2.45, 2.75) is 17.7 Å². The molecule has 2 amide bonds. The Morgan fingerprint density at radius 2 is 2.04 bits per heavy atom. The zero-order valence-corrected chi connectivity index (χ0v) is 17.2. The van der Waals surface area contributed by atoms with Crippen LogP contribution in [0.25, 0.3) is 0 Å². The van der Waals surface area contributed by atoms with E-state index >= 15 is 0 Å². The third kappa shape index (κ3) is 6.37. The van der Waals surface area contributed by atoms with Crippen LogP contribution in [0.3, 0.4) is 0 Å². The quantitative estimate of drug-likeness (QED) is 0.494. The number of hydrogen-bond acceptors (Lipinski definition) is 4. The Morgan fingerprint density at radius 3 is 2.86 bits per heavy atom. The smallest absolute Gasteiger partial charge is 0.314 e. The Hall–Kier alpha value is -2.34. The summed E-state index contributed by atoms with van der Waals surface area (Å²) in [6.45, 7) is 3.39. The maximum Gasteiger partial charge on any atom is 0.314 e. The number of carbonyl (C=O) groups excluding carboxylic acids is 1. The van der Waals surface area contributed by atoms with Gasteiger partial charge in [0.15, 0.2) is 0 Å². The number of carbonyl (C=O) groups is 1. The van der Waals surface area contributed by atoms with E-state index in [4.69, 9.17) is 4.74 Å². The van der Waals surface area contributed by atoms with E-state index in [9.17, 15) is 4.79 Å². The first kappa shape index (κ1) is 20.4. The highest BCUT2D eigenvalue weighted by Crippen LogP contribution is 2.26. The number of amides is 2. The molecule has 28 heavy (non-hydrogen) atoms. The molecule has 1 saturated heterocycles. The molecule has 0 bridgehead atoms. The molecule has 1 heterocycles. The van der Waals surface area contributed by atoms with Gasteiger partial charge >= 0.3 is 6.03 Å². The lowest BCUT2D eigenvalue weighted by Crippen LogP contribution is -2.39.